The second kappa shape index (κ2) is 6.69. The number of aryl methyl sites for hydroxylation is 2. The molecule has 0 saturated heterocycles. The summed E-state index contributed by atoms with van der Waals surface area (Å²) < 4.78 is 0. The van der Waals surface area contributed by atoms with E-state index in [1.165, 1.54) is 24.3 Å². The minimum atomic E-state index is -0.651. The molecule has 0 aliphatic carbocycles. The minimum Gasteiger partial charge on any atom is -0.380 e. The van der Waals surface area contributed by atoms with E-state index in [9.17, 15) is 14.9 Å². The number of benzene rings is 2. The first kappa shape index (κ1) is 16.2. The predicted molar refractivity (Wildman–Crippen MR) is 85.2 cm³/mol. The third kappa shape index (κ3) is 3.91. The van der Waals surface area contributed by atoms with Crippen molar-refractivity contribution in [3.8, 4) is 0 Å². The summed E-state index contributed by atoms with van der Waals surface area (Å²) >= 11 is 0. The largest absolute Gasteiger partial charge is 0.380 e. The van der Waals surface area contributed by atoms with Crippen LogP contribution in [0.1, 0.15) is 27.0 Å². The Morgan fingerprint density at radius 3 is 2.52 bits per heavy atom. The van der Waals surface area contributed by atoms with Crippen molar-refractivity contribution in [2.45, 2.75) is 13.8 Å². The molecule has 0 aromatic heterocycles. The molecule has 0 atom stereocenters. The Bertz CT molecular complexity index is 800. The Morgan fingerprint density at radius 1 is 1.13 bits per heavy atom. The summed E-state index contributed by atoms with van der Waals surface area (Å²) in [6.45, 7) is 3.82. The maximum Gasteiger partial charge on any atom is 0.365 e. The molecule has 23 heavy (non-hydrogen) atoms. The van der Waals surface area contributed by atoms with Crippen molar-refractivity contribution < 1.29 is 14.6 Å². The first-order chi connectivity index (χ1) is 10.9. The average Bonchev–Trinajstić information content (AvgIpc) is 2.54. The zero-order valence-electron chi connectivity index (χ0n) is 12.6. The van der Waals surface area contributed by atoms with Crippen LogP contribution in [0.5, 0.6) is 0 Å². The number of nitro benzene ring substituents is 1. The van der Waals surface area contributed by atoms with Crippen molar-refractivity contribution in [2.75, 3.05) is 0 Å². The van der Waals surface area contributed by atoms with Gasteiger partial charge in [0.15, 0.2) is 5.84 Å². The summed E-state index contributed by atoms with van der Waals surface area (Å²) in [4.78, 5) is 26.9. The number of nitro groups is 1. The fourth-order valence-corrected chi connectivity index (χ4v) is 1.84. The number of hydrogen-bond acceptors (Lipinski definition) is 5. The summed E-state index contributed by atoms with van der Waals surface area (Å²) in [6, 6.07) is 10.7. The molecule has 0 amide bonds. The lowest BCUT2D eigenvalue weighted by Gasteiger charge is -2.04. The summed E-state index contributed by atoms with van der Waals surface area (Å²) in [7, 11) is 0. The Labute approximate surface area is 132 Å². The Morgan fingerprint density at radius 2 is 1.87 bits per heavy atom. The number of carbonyl (C=O) groups is 1. The van der Waals surface area contributed by atoms with E-state index in [1.807, 2.05) is 13.8 Å². The van der Waals surface area contributed by atoms with E-state index < -0.39 is 10.9 Å². The molecule has 7 heteroatoms. The van der Waals surface area contributed by atoms with Crippen molar-refractivity contribution >= 4 is 17.5 Å². The van der Waals surface area contributed by atoms with E-state index in [0.717, 1.165) is 11.1 Å². The number of oxime groups is 1. The zero-order chi connectivity index (χ0) is 17.0. The molecule has 2 aromatic carbocycles. The molecule has 0 fully saturated rings. The van der Waals surface area contributed by atoms with Gasteiger partial charge in [0.25, 0.3) is 5.69 Å². The van der Waals surface area contributed by atoms with Gasteiger partial charge >= 0.3 is 5.97 Å². The topological polar surface area (TPSA) is 108 Å². The number of nitrogens with two attached hydrogens (primary N) is 1. The summed E-state index contributed by atoms with van der Waals surface area (Å²) in [6.07, 6.45) is 0. The van der Waals surface area contributed by atoms with Crippen LogP contribution in [-0.2, 0) is 4.84 Å². The molecule has 7 nitrogen and oxygen atoms in total. The second-order valence-electron chi connectivity index (χ2n) is 4.96. The van der Waals surface area contributed by atoms with Crippen LogP contribution in [0.25, 0.3) is 0 Å². The van der Waals surface area contributed by atoms with Gasteiger partial charge in [-0.05, 0) is 37.1 Å². The van der Waals surface area contributed by atoms with Crippen LogP contribution >= 0.6 is 0 Å². The maximum atomic E-state index is 11.9. The molecule has 2 N–H and O–H groups in total. The minimum absolute atomic E-state index is 0.120. The van der Waals surface area contributed by atoms with Crippen molar-refractivity contribution in [3.05, 3.63) is 74.8 Å². The smallest absolute Gasteiger partial charge is 0.365 e. The average molecular weight is 313 g/mol. The summed E-state index contributed by atoms with van der Waals surface area (Å²) in [5.41, 5.74) is 8.23. The van der Waals surface area contributed by atoms with Gasteiger partial charge in [-0.2, -0.15) is 0 Å². The van der Waals surface area contributed by atoms with Crippen LogP contribution in [0.3, 0.4) is 0 Å². The molecule has 0 unspecified atom stereocenters. The second-order valence-corrected chi connectivity index (χ2v) is 4.96. The van der Waals surface area contributed by atoms with Gasteiger partial charge in [-0.25, -0.2) is 4.79 Å². The highest BCUT2D eigenvalue weighted by Crippen LogP contribution is 2.14. The molecule has 0 spiro atoms. The number of non-ortho nitro benzene ring substituents is 1. The van der Waals surface area contributed by atoms with E-state index in [2.05, 4.69) is 5.16 Å². The predicted octanol–water partition coefficient (Wildman–Crippen LogP) is 2.69. The SMILES string of the molecule is Cc1ccc(C(=O)O/N=C(/N)c2cccc([N+](=O)[O-])c2)cc1C. The number of amidine groups is 1. The molecule has 118 valence electrons. The number of hydrogen-bond donors (Lipinski definition) is 1. The summed E-state index contributed by atoms with van der Waals surface area (Å²) in [5.74, 6) is -0.771. The highest BCUT2D eigenvalue weighted by atomic mass is 16.7. The van der Waals surface area contributed by atoms with Gasteiger partial charge in [0.1, 0.15) is 0 Å². The summed E-state index contributed by atoms with van der Waals surface area (Å²) in [5, 5.41) is 14.3. The lowest BCUT2D eigenvalue weighted by Crippen LogP contribution is -2.15. The zero-order valence-corrected chi connectivity index (χ0v) is 12.6. The van der Waals surface area contributed by atoms with Gasteiger partial charge in [-0.15, -0.1) is 0 Å². The molecule has 2 aromatic rings. The molecule has 0 heterocycles. The number of nitrogens with zero attached hydrogens (tertiary/aromatic N) is 2. The first-order valence-corrected chi connectivity index (χ1v) is 6.75. The molecule has 0 bridgehead atoms. The van der Waals surface area contributed by atoms with Crippen LogP contribution < -0.4 is 5.73 Å². The first-order valence-electron chi connectivity index (χ1n) is 6.75. The molecule has 0 aliphatic heterocycles. The quantitative estimate of drug-likeness (QED) is 0.307. The Balaban J connectivity index is 2.15. The third-order valence-electron chi connectivity index (χ3n) is 3.32. The number of rotatable bonds is 4. The van der Waals surface area contributed by atoms with Gasteiger partial charge in [-0.3, -0.25) is 10.1 Å². The van der Waals surface area contributed by atoms with Gasteiger partial charge in [0.05, 0.1) is 10.5 Å². The Kier molecular flexibility index (Phi) is 4.70. The van der Waals surface area contributed by atoms with Crippen molar-refractivity contribution in [3.63, 3.8) is 0 Å². The van der Waals surface area contributed by atoms with Crippen molar-refractivity contribution in [1.82, 2.24) is 0 Å². The van der Waals surface area contributed by atoms with E-state index >= 15 is 0 Å². The van der Waals surface area contributed by atoms with Gasteiger partial charge in [-0.1, -0.05) is 23.4 Å². The van der Waals surface area contributed by atoms with Crippen molar-refractivity contribution in [1.29, 1.82) is 0 Å². The molecule has 0 radical (unpaired) electrons. The van der Waals surface area contributed by atoms with E-state index in [0.29, 0.717) is 11.1 Å². The highest BCUT2D eigenvalue weighted by molar-refractivity contribution is 5.98. The lowest BCUT2D eigenvalue weighted by molar-refractivity contribution is -0.384. The monoisotopic (exact) mass is 313 g/mol. The lowest BCUT2D eigenvalue weighted by atomic mass is 10.1. The van der Waals surface area contributed by atoms with Crippen LogP contribution in [0.4, 0.5) is 5.69 Å². The third-order valence-corrected chi connectivity index (χ3v) is 3.32. The molecule has 0 aliphatic rings. The highest BCUT2D eigenvalue weighted by Gasteiger charge is 2.11. The maximum absolute atomic E-state index is 11.9. The number of carbonyl (C=O) groups excluding carboxylic acids is 1. The standard InChI is InChI=1S/C16H15N3O4/c1-10-6-7-13(8-11(10)2)16(20)23-18-15(17)12-4-3-5-14(9-12)19(21)22/h3-9H,1-2H3,(H2,17,18). The normalized spacial score (nSPS) is 11.1. The van der Waals surface area contributed by atoms with Crippen LogP contribution in [0.2, 0.25) is 0 Å². The fraction of sp³-hybridized carbons (Fsp3) is 0.125. The molecular weight excluding hydrogens is 298 g/mol. The molecule has 2 rings (SSSR count). The van der Waals surface area contributed by atoms with Crippen molar-refractivity contribution in [2.24, 2.45) is 10.9 Å². The fourth-order valence-electron chi connectivity index (χ4n) is 1.84. The van der Waals surface area contributed by atoms with E-state index in [-0.39, 0.29) is 11.5 Å². The van der Waals surface area contributed by atoms with Gasteiger partial charge in [0.2, 0.25) is 0 Å². The molecule has 0 saturated carbocycles. The van der Waals surface area contributed by atoms with E-state index in [4.69, 9.17) is 10.6 Å². The van der Waals surface area contributed by atoms with Gasteiger partial charge < -0.3 is 10.6 Å². The van der Waals surface area contributed by atoms with Crippen LogP contribution in [-0.4, -0.2) is 16.7 Å². The van der Waals surface area contributed by atoms with Gasteiger partial charge in [0, 0.05) is 17.7 Å². The molecular formula is C16H15N3O4. The van der Waals surface area contributed by atoms with Crippen LogP contribution in [0, 0.1) is 24.0 Å². The van der Waals surface area contributed by atoms with E-state index in [1.54, 1.807) is 18.2 Å². The Hall–Kier alpha value is -3.22. The van der Waals surface area contributed by atoms with Crippen LogP contribution in [0.15, 0.2) is 47.6 Å².